The van der Waals surface area contributed by atoms with Gasteiger partial charge in [0, 0.05) is 37.8 Å². The Hall–Kier alpha value is -1.81. The molecule has 1 heterocycles. The fraction of sp³-hybridized carbons (Fsp3) is 0.368. The summed E-state index contributed by atoms with van der Waals surface area (Å²) in [7, 11) is 0. The first-order valence-corrected chi connectivity index (χ1v) is 9.39. The van der Waals surface area contributed by atoms with Gasteiger partial charge in [0.25, 0.3) is 0 Å². The molecule has 0 aliphatic carbocycles. The second kappa shape index (κ2) is 10.1. The van der Waals surface area contributed by atoms with Gasteiger partial charge in [0.1, 0.15) is 0 Å². The van der Waals surface area contributed by atoms with Gasteiger partial charge in [-0.25, -0.2) is 0 Å². The molecule has 0 saturated carbocycles. The van der Waals surface area contributed by atoms with Crippen molar-refractivity contribution < 1.29 is 4.79 Å². The molecule has 0 N–H and O–H groups in total. The Morgan fingerprint density at radius 1 is 1.13 bits per heavy atom. The van der Waals surface area contributed by atoms with Crippen LogP contribution in [0, 0.1) is 0 Å². The van der Waals surface area contributed by atoms with Crippen LogP contribution >= 0.6 is 11.8 Å². The molecule has 1 aromatic carbocycles. The predicted octanol–water partition coefficient (Wildman–Crippen LogP) is 3.80. The Morgan fingerprint density at radius 2 is 1.91 bits per heavy atom. The number of thioether (sulfide) groups is 1. The minimum Gasteiger partial charge on any atom is -0.338 e. The second-order valence-electron chi connectivity index (χ2n) is 5.47. The zero-order valence-electron chi connectivity index (χ0n) is 13.6. The summed E-state index contributed by atoms with van der Waals surface area (Å²) < 4.78 is 0. The van der Waals surface area contributed by atoms with Gasteiger partial charge in [-0.2, -0.15) is 11.8 Å². The van der Waals surface area contributed by atoms with Gasteiger partial charge < -0.3 is 4.90 Å². The maximum atomic E-state index is 12.5. The van der Waals surface area contributed by atoms with Crippen molar-refractivity contribution in [2.75, 3.05) is 18.6 Å². The molecule has 0 saturated heterocycles. The van der Waals surface area contributed by atoms with Gasteiger partial charge in [0.2, 0.25) is 5.91 Å². The summed E-state index contributed by atoms with van der Waals surface area (Å²) in [5.41, 5.74) is 2.20. The zero-order chi connectivity index (χ0) is 16.3. The van der Waals surface area contributed by atoms with Crippen LogP contribution in [0.15, 0.2) is 54.7 Å². The molecule has 4 heteroatoms. The van der Waals surface area contributed by atoms with E-state index in [9.17, 15) is 4.79 Å². The van der Waals surface area contributed by atoms with Crippen LogP contribution in [0.2, 0.25) is 0 Å². The van der Waals surface area contributed by atoms with E-state index in [4.69, 9.17) is 0 Å². The van der Waals surface area contributed by atoms with Crippen LogP contribution in [0.3, 0.4) is 0 Å². The number of rotatable bonds is 9. The highest BCUT2D eigenvalue weighted by molar-refractivity contribution is 7.98. The van der Waals surface area contributed by atoms with Crippen LogP contribution < -0.4 is 0 Å². The lowest BCUT2D eigenvalue weighted by Gasteiger charge is -2.23. The number of hydrogen-bond donors (Lipinski definition) is 0. The smallest absolute Gasteiger partial charge is 0.222 e. The second-order valence-corrected chi connectivity index (χ2v) is 6.45. The highest BCUT2D eigenvalue weighted by atomic mass is 32.2. The molecule has 0 aliphatic heterocycles. The van der Waals surface area contributed by atoms with Crippen molar-refractivity contribution >= 4 is 17.7 Å². The molecule has 0 unspecified atom stereocenters. The molecule has 2 aromatic rings. The standard InChI is InChI=1S/C19H24N2OS/c1-23-15-7-11-19(22)21(16-17-8-3-2-4-9-17)14-12-18-10-5-6-13-20-18/h2-6,8-10,13H,7,11-12,14-16H2,1H3. The molecule has 0 fully saturated rings. The van der Waals surface area contributed by atoms with Crippen LogP contribution in [0.5, 0.6) is 0 Å². The largest absolute Gasteiger partial charge is 0.338 e. The van der Waals surface area contributed by atoms with Crippen molar-refractivity contribution in [2.45, 2.75) is 25.8 Å². The lowest BCUT2D eigenvalue weighted by molar-refractivity contribution is -0.131. The summed E-state index contributed by atoms with van der Waals surface area (Å²) in [6.07, 6.45) is 6.23. The third kappa shape index (κ3) is 6.45. The summed E-state index contributed by atoms with van der Waals surface area (Å²) in [5.74, 6) is 1.27. The van der Waals surface area contributed by atoms with Gasteiger partial charge in [-0.15, -0.1) is 0 Å². The third-order valence-corrected chi connectivity index (χ3v) is 4.37. The number of pyridine rings is 1. The van der Waals surface area contributed by atoms with Crippen LogP contribution in [0.4, 0.5) is 0 Å². The highest BCUT2D eigenvalue weighted by Gasteiger charge is 2.14. The molecule has 0 bridgehead atoms. The Labute approximate surface area is 143 Å². The molecule has 1 amide bonds. The van der Waals surface area contributed by atoms with E-state index in [0.29, 0.717) is 19.5 Å². The fourth-order valence-corrected chi connectivity index (χ4v) is 2.85. The number of aromatic nitrogens is 1. The van der Waals surface area contributed by atoms with E-state index in [1.54, 1.807) is 18.0 Å². The number of carbonyl (C=O) groups excluding carboxylic acids is 1. The summed E-state index contributed by atoms with van der Waals surface area (Å²) in [6, 6.07) is 16.1. The SMILES string of the molecule is CSCCCC(=O)N(CCc1ccccn1)Cc1ccccc1. The number of benzene rings is 1. The van der Waals surface area contributed by atoms with E-state index in [1.165, 1.54) is 5.56 Å². The first-order valence-electron chi connectivity index (χ1n) is 8.00. The Bertz CT molecular complexity index is 574. The maximum absolute atomic E-state index is 12.5. The van der Waals surface area contributed by atoms with E-state index in [2.05, 4.69) is 23.4 Å². The van der Waals surface area contributed by atoms with Crippen molar-refractivity contribution in [2.24, 2.45) is 0 Å². The zero-order valence-corrected chi connectivity index (χ0v) is 14.5. The van der Waals surface area contributed by atoms with Crippen molar-refractivity contribution in [1.29, 1.82) is 0 Å². The summed E-state index contributed by atoms with van der Waals surface area (Å²) >= 11 is 1.79. The van der Waals surface area contributed by atoms with Gasteiger partial charge in [-0.3, -0.25) is 9.78 Å². The Morgan fingerprint density at radius 3 is 2.61 bits per heavy atom. The fourth-order valence-electron chi connectivity index (χ4n) is 2.42. The first kappa shape index (κ1) is 17.5. The molecular formula is C19H24N2OS. The minimum atomic E-state index is 0.235. The molecule has 0 aliphatic rings. The van der Waals surface area contributed by atoms with Gasteiger partial charge in [0.15, 0.2) is 0 Å². The third-order valence-electron chi connectivity index (χ3n) is 3.67. The minimum absolute atomic E-state index is 0.235. The molecule has 0 spiro atoms. The number of hydrogen-bond acceptors (Lipinski definition) is 3. The lowest BCUT2D eigenvalue weighted by atomic mass is 10.1. The van der Waals surface area contributed by atoms with Crippen molar-refractivity contribution in [3.63, 3.8) is 0 Å². The average molecular weight is 328 g/mol. The molecule has 122 valence electrons. The molecular weight excluding hydrogens is 304 g/mol. The van der Waals surface area contributed by atoms with Gasteiger partial charge in [0.05, 0.1) is 0 Å². The van der Waals surface area contributed by atoms with Crippen molar-refractivity contribution in [3.05, 3.63) is 66.0 Å². The van der Waals surface area contributed by atoms with Gasteiger partial charge >= 0.3 is 0 Å². The van der Waals surface area contributed by atoms with Crippen LogP contribution in [0.1, 0.15) is 24.1 Å². The topological polar surface area (TPSA) is 33.2 Å². The van der Waals surface area contributed by atoms with E-state index in [-0.39, 0.29) is 5.91 Å². The van der Waals surface area contributed by atoms with Gasteiger partial charge in [-0.05, 0) is 36.1 Å². The van der Waals surface area contributed by atoms with Crippen LogP contribution in [-0.4, -0.2) is 34.3 Å². The van der Waals surface area contributed by atoms with E-state index >= 15 is 0 Å². The van der Waals surface area contributed by atoms with E-state index in [0.717, 1.165) is 24.3 Å². The molecule has 0 radical (unpaired) electrons. The maximum Gasteiger partial charge on any atom is 0.222 e. The normalized spacial score (nSPS) is 10.5. The number of amides is 1. The van der Waals surface area contributed by atoms with Crippen molar-refractivity contribution in [3.8, 4) is 0 Å². The lowest BCUT2D eigenvalue weighted by Crippen LogP contribution is -2.32. The molecule has 0 atom stereocenters. The number of nitrogens with zero attached hydrogens (tertiary/aromatic N) is 2. The Kier molecular flexibility index (Phi) is 7.67. The van der Waals surface area contributed by atoms with Crippen LogP contribution in [-0.2, 0) is 17.8 Å². The summed E-state index contributed by atoms with van der Waals surface area (Å²) in [4.78, 5) is 18.9. The average Bonchev–Trinajstić information content (AvgIpc) is 2.60. The van der Waals surface area contributed by atoms with E-state index in [1.807, 2.05) is 41.3 Å². The van der Waals surface area contributed by atoms with Crippen LogP contribution in [0.25, 0.3) is 0 Å². The summed E-state index contributed by atoms with van der Waals surface area (Å²) in [5, 5.41) is 0. The highest BCUT2D eigenvalue weighted by Crippen LogP contribution is 2.10. The van der Waals surface area contributed by atoms with Crippen molar-refractivity contribution in [1.82, 2.24) is 9.88 Å². The number of carbonyl (C=O) groups is 1. The first-order chi connectivity index (χ1) is 11.3. The molecule has 23 heavy (non-hydrogen) atoms. The van der Waals surface area contributed by atoms with Gasteiger partial charge in [-0.1, -0.05) is 36.4 Å². The van der Waals surface area contributed by atoms with E-state index < -0.39 is 0 Å². The molecule has 2 rings (SSSR count). The molecule has 1 aromatic heterocycles. The quantitative estimate of drug-likeness (QED) is 0.657. The Balaban J connectivity index is 1.96. The molecule has 3 nitrogen and oxygen atoms in total. The summed E-state index contributed by atoms with van der Waals surface area (Å²) in [6.45, 7) is 1.38. The predicted molar refractivity (Wildman–Crippen MR) is 97.4 cm³/mol. The monoisotopic (exact) mass is 328 g/mol.